The molecule has 3 heteroatoms. The SMILES string of the molecule is CC(C)C1CCC(C)C(OCC(O)CO)C1. The molecule has 96 valence electrons. The summed E-state index contributed by atoms with van der Waals surface area (Å²) in [5, 5.41) is 18.0. The number of ether oxygens (including phenoxy) is 1. The van der Waals surface area contributed by atoms with E-state index in [-0.39, 0.29) is 19.3 Å². The molecule has 0 amide bonds. The molecule has 0 aromatic rings. The smallest absolute Gasteiger partial charge is 0.100 e. The Morgan fingerprint density at radius 2 is 2.00 bits per heavy atom. The second-order valence-corrected chi connectivity index (χ2v) is 5.50. The normalized spacial score (nSPS) is 33.0. The second kappa shape index (κ2) is 6.58. The van der Waals surface area contributed by atoms with Crippen molar-refractivity contribution in [1.29, 1.82) is 0 Å². The molecule has 0 aromatic carbocycles. The van der Waals surface area contributed by atoms with Crippen LogP contribution in [0.4, 0.5) is 0 Å². The van der Waals surface area contributed by atoms with Crippen LogP contribution in [0.2, 0.25) is 0 Å². The first-order chi connectivity index (χ1) is 7.54. The van der Waals surface area contributed by atoms with Crippen LogP contribution in [0.5, 0.6) is 0 Å². The third-order valence-corrected chi connectivity index (χ3v) is 3.82. The molecule has 1 fully saturated rings. The van der Waals surface area contributed by atoms with Gasteiger partial charge < -0.3 is 14.9 Å². The van der Waals surface area contributed by atoms with E-state index in [2.05, 4.69) is 20.8 Å². The van der Waals surface area contributed by atoms with E-state index >= 15 is 0 Å². The predicted octanol–water partition coefficient (Wildman–Crippen LogP) is 1.82. The first-order valence-corrected chi connectivity index (χ1v) is 6.45. The molecule has 4 unspecified atom stereocenters. The van der Waals surface area contributed by atoms with Gasteiger partial charge in [-0.1, -0.05) is 20.8 Å². The van der Waals surface area contributed by atoms with Crippen LogP contribution in [0.3, 0.4) is 0 Å². The van der Waals surface area contributed by atoms with Crippen molar-refractivity contribution in [2.75, 3.05) is 13.2 Å². The van der Waals surface area contributed by atoms with Crippen LogP contribution in [0, 0.1) is 17.8 Å². The highest BCUT2D eigenvalue weighted by Gasteiger charge is 2.30. The molecule has 0 aromatic heterocycles. The quantitative estimate of drug-likeness (QED) is 0.757. The maximum Gasteiger partial charge on any atom is 0.100 e. The van der Waals surface area contributed by atoms with Crippen LogP contribution in [0.15, 0.2) is 0 Å². The van der Waals surface area contributed by atoms with Crippen molar-refractivity contribution in [2.45, 2.75) is 52.2 Å². The molecule has 16 heavy (non-hydrogen) atoms. The van der Waals surface area contributed by atoms with Crippen molar-refractivity contribution in [3.05, 3.63) is 0 Å². The zero-order valence-electron chi connectivity index (χ0n) is 10.7. The molecule has 1 aliphatic carbocycles. The molecular weight excluding hydrogens is 204 g/mol. The summed E-state index contributed by atoms with van der Waals surface area (Å²) >= 11 is 0. The highest BCUT2D eigenvalue weighted by Crippen LogP contribution is 2.34. The summed E-state index contributed by atoms with van der Waals surface area (Å²) in [5.74, 6) is 2.02. The predicted molar refractivity (Wildman–Crippen MR) is 64.2 cm³/mol. The third kappa shape index (κ3) is 4.04. The number of aliphatic hydroxyl groups excluding tert-OH is 2. The first kappa shape index (κ1) is 13.9. The maximum absolute atomic E-state index is 9.27. The summed E-state index contributed by atoms with van der Waals surface area (Å²) in [6.07, 6.45) is 3.12. The summed E-state index contributed by atoms with van der Waals surface area (Å²) in [7, 11) is 0. The Hall–Kier alpha value is -0.120. The molecule has 0 saturated heterocycles. The minimum absolute atomic E-state index is 0.214. The minimum Gasteiger partial charge on any atom is -0.394 e. The Morgan fingerprint density at radius 1 is 1.31 bits per heavy atom. The van der Waals surface area contributed by atoms with Gasteiger partial charge in [0.25, 0.3) is 0 Å². The zero-order valence-corrected chi connectivity index (χ0v) is 10.7. The maximum atomic E-state index is 9.27. The minimum atomic E-state index is -0.730. The molecule has 3 nitrogen and oxygen atoms in total. The summed E-state index contributed by atoms with van der Waals surface area (Å²) in [4.78, 5) is 0. The number of aliphatic hydroxyl groups is 2. The summed E-state index contributed by atoms with van der Waals surface area (Å²) in [6.45, 7) is 6.79. The van der Waals surface area contributed by atoms with Crippen LogP contribution in [0.1, 0.15) is 40.0 Å². The van der Waals surface area contributed by atoms with Gasteiger partial charge in [0.15, 0.2) is 0 Å². The molecule has 0 aliphatic heterocycles. The fraction of sp³-hybridized carbons (Fsp3) is 1.00. The molecule has 2 N–H and O–H groups in total. The van der Waals surface area contributed by atoms with Crippen LogP contribution < -0.4 is 0 Å². The van der Waals surface area contributed by atoms with Gasteiger partial charge in [0.1, 0.15) is 6.10 Å². The number of hydrogen-bond donors (Lipinski definition) is 2. The van der Waals surface area contributed by atoms with Gasteiger partial charge in [-0.3, -0.25) is 0 Å². The van der Waals surface area contributed by atoms with Gasteiger partial charge in [0.2, 0.25) is 0 Å². The van der Waals surface area contributed by atoms with Gasteiger partial charge in [-0.15, -0.1) is 0 Å². The van der Waals surface area contributed by atoms with E-state index in [0.717, 1.165) is 12.3 Å². The van der Waals surface area contributed by atoms with E-state index in [1.165, 1.54) is 12.8 Å². The molecule has 1 saturated carbocycles. The van der Waals surface area contributed by atoms with Crippen molar-refractivity contribution in [1.82, 2.24) is 0 Å². The summed E-state index contributed by atoms with van der Waals surface area (Å²) in [6, 6.07) is 0. The topological polar surface area (TPSA) is 49.7 Å². The Bertz CT molecular complexity index is 194. The van der Waals surface area contributed by atoms with Crippen LogP contribution >= 0.6 is 0 Å². The van der Waals surface area contributed by atoms with E-state index in [1.54, 1.807) is 0 Å². The molecule has 0 spiro atoms. The molecule has 1 aliphatic rings. The highest BCUT2D eigenvalue weighted by atomic mass is 16.5. The third-order valence-electron chi connectivity index (χ3n) is 3.82. The van der Waals surface area contributed by atoms with Crippen molar-refractivity contribution >= 4 is 0 Å². The van der Waals surface area contributed by atoms with Gasteiger partial charge in [0, 0.05) is 0 Å². The monoisotopic (exact) mass is 230 g/mol. The fourth-order valence-corrected chi connectivity index (χ4v) is 2.44. The molecule has 0 heterocycles. The Kier molecular flexibility index (Phi) is 5.73. The standard InChI is InChI=1S/C13H26O3/c1-9(2)11-5-4-10(3)13(6-11)16-8-12(15)7-14/h9-15H,4-8H2,1-3H3. The Labute approximate surface area is 98.8 Å². The van der Waals surface area contributed by atoms with E-state index in [4.69, 9.17) is 9.84 Å². The van der Waals surface area contributed by atoms with Gasteiger partial charge in [-0.25, -0.2) is 0 Å². The van der Waals surface area contributed by atoms with Crippen molar-refractivity contribution in [3.63, 3.8) is 0 Å². The average molecular weight is 230 g/mol. The van der Waals surface area contributed by atoms with Gasteiger partial charge in [0.05, 0.1) is 19.3 Å². The van der Waals surface area contributed by atoms with Crippen molar-refractivity contribution in [2.24, 2.45) is 17.8 Å². The largest absolute Gasteiger partial charge is 0.394 e. The molecule has 4 atom stereocenters. The lowest BCUT2D eigenvalue weighted by Gasteiger charge is -2.36. The van der Waals surface area contributed by atoms with Gasteiger partial charge >= 0.3 is 0 Å². The summed E-state index contributed by atoms with van der Waals surface area (Å²) in [5.41, 5.74) is 0. The lowest BCUT2D eigenvalue weighted by atomic mass is 9.76. The summed E-state index contributed by atoms with van der Waals surface area (Å²) < 4.78 is 5.72. The lowest BCUT2D eigenvalue weighted by Crippen LogP contribution is -2.34. The van der Waals surface area contributed by atoms with E-state index in [0.29, 0.717) is 11.8 Å². The van der Waals surface area contributed by atoms with Crippen LogP contribution in [0.25, 0.3) is 0 Å². The average Bonchev–Trinajstić information content (AvgIpc) is 2.27. The molecule has 0 bridgehead atoms. The van der Waals surface area contributed by atoms with Crippen LogP contribution in [-0.2, 0) is 4.74 Å². The van der Waals surface area contributed by atoms with Crippen molar-refractivity contribution in [3.8, 4) is 0 Å². The number of rotatable bonds is 5. The highest BCUT2D eigenvalue weighted by molar-refractivity contribution is 4.80. The Balaban J connectivity index is 2.37. The molecular formula is C13H26O3. The Morgan fingerprint density at radius 3 is 2.56 bits per heavy atom. The van der Waals surface area contributed by atoms with E-state index in [9.17, 15) is 5.11 Å². The first-order valence-electron chi connectivity index (χ1n) is 6.45. The van der Waals surface area contributed by atoms with E-state index in [1.807, 2.05) is 0 Å². The zero-order chi connectivity index (χ0) is 12.1. The molecule has 1 rings (SSSR count). The molecule has 0 radical (unpaired) electrons. The fourth-order valence-electron chi connectivity index (χ4n) is 2.44. The van der Waals surface area contributed by atoms with E-state index < -0.39 is 6.10 Å². The van der Waals surface area contributed by atoms with Crippen LogP contribution in [-0.4, -0.2) is 35.6 Å². The van der Waals surface area contributed by atoms with Gasteiger partial charge in [-0.2, -0.15) is 0 Å². The van der Waals surface area contributed by atoms with Crippen molar-refractivity contribution < 1.29 is 14.9 Å². The van der Waals surface area contributed by atoms with Gasteiger partial charge in [-0.05, 0) is 37.0 Å². The lowest BCUT2D eigenvalue weighted by molar-refractivity contribution is -0.0701. The second-order valence-electron chi connectivity index (χ2n) is 5.50. The number of hydrogen-bond acceptors (Lipinski definition) is 3.